The minimum atomic E-state index is -3.65. The first kappa shape index (κ1) is 21.8. The lowest BCUT2D eigenvalue weighted by atomic mass is 10.2. The van der Waals surface area contributed by atoms with Crippen molar-refractivity contribution in [1.29, 1.82) is 0 Å². The third-order valence-electron chi connectivity index (χ3n) is 4.66. The molecule has 2 aromatic carbocycles. The highest BCUT2D eigenvalue weighted by molar-refractivity contribution is 7.89. The van der Waals surface area contributed by atoms with Crippen molar-refractivity contribution in [3.05, 3.63) is 54.1 Å². The van der Waals surface area contributed by atoms with Crippen molar-refractivity contribution in [3.63, 3.8) is 0 Å². The van der Waals surface area contributed by atoms with Crippen LogP contribution in [0.3, 0.4) is 0 Å². The lowest BCUT2D eigenvalue weighted by Crippen LogP contribution is -2.40. The molecule has 4 N–H and O–H groups in total. The second kappa shape index (κ2) is 9.24. The van der Waals surface area contributed by atoms with Crippen molar-refractivity contribution in [3.8, 4) is 0 Å². The molecule has 1 saturated heterocycles. The second-order valence-electron chi connectivity index (χ2n) is 6.84. The van der Waals surface area contributed by atoms with E-state index in [0.29, 0.717) is 43.2 Å². The third kappa shape index (κ3) is 5.15. The number of morpholine rings is 1. The minimum Gasteiger partial charge on any atom is -0.379 e. The molecule has 1 heterocycles. The molecule has 9 nitrogen and oxygen atoms in total. The van der Waals surface area contributed by atoms with Gasteiger partial charge < -0.3 is 21.1 Å². The van der Waals surface area contributed by atoms with Crippen LogP contribution in [0, 0.1) is 0 Å². The number of hydrogen-bond donors (Lipinski definition) is 3. The number of benzene rings is 2. The molecule has 3 rings (SSSR count). The molecule has 0 bridgehead atoms. The van der Waals surface area contributed by atoms with Gasteiger partial charge in [-0.3, -0.25) is 9.59 Å². The molecule has 30 heavy (non-hydrogen) atoms. The van der Waals surface area contributed by atoms with Gasteiger partial charge in [0.1, 0.15) is 6.04 Å². The molecule has 0 saturated carbocycles. The number of primary amides is 1. The molecule has 160 valence electrons. The van der Waals surface area contributed by atoms with Crippen LogP contribution in [0.2, 0.25) is 0 Å². The zero-order chi connectivity index (χ0) is 21.7. The number of carbonyl (C=O) groups excluding carboxylic acids is 2. The van der Waals surface area contributed by atoms with Crippen LogP contribution in [0.4, 0.5) is 11.4 Å². The molecule has 1 atom stereocenters. The Morgan fingerprint density at radius 1 is 1.07 bits per heavy atom. The number of nitrogens with one attached hydrogen (secondary N) is 2. The number of ether oxygens (including phenoxy) is 1. The van der Waals surface area contributed by atoms with Crippen molar-refractivity contribution in [2.75, 3.05) is 36.9 Å². The number of rotatable bonds is 7. The van der Waals surface area contributed by atoms with Crippen LogP contribution in [-0.2, 0) is 19.6 Å². The number of sulfonamides is 1. The Kier molecular flexibility index (Phi) is 6.70. The van der Waals surface area contributed by atoms with Crippen molar-refractivity contribution >= 4 is 33.2 Å². The zero-order valence-electron chi connectivity index (χ0n) is 16.5. The van der Waals surface area contributed by atoms with Gasteiger partial charge in [0.2, 0.25) is 21.8 Å². The van der Waals surface area contributed by atoms with Gasteiger partial charge in [0.05, 0.1) is 18.1 Å². The van der Waals surface area contributed by atoms with Gasteiger partial charge in [-0.2, -0.15) is 4.31 Å². The highest BCUT2D eigenvalue weighted by Gasteiger charge is 2.26. The number of carbonyl (C=O) groups is 2. The molecule has 0 aromatic heterocycles. The van der Waals surface area contributed by atoms with Crippen molar-refractivity contribution in [2.24, 2.45) is 5.73 Å². The standard InChI is InChI=1S/C20H24N4O5S/c1-14(22-16-7-5-15(6-8-16)19(21)25)20(26)23-17-3-2-4-18(13-17)30(27,28)24-9-11-29-12-10-24/h2-8,13-14,22H,9-12H2,1H3,(H2,21,25)(H,23,26)/t14-/m1/s1. The Balaban J connectivity index is 1.66. The molecular weight excluding hydrogens is 408 g/mol. The van der Waals surface area contributed by atoms with E-state index in [1.165, 1.54) is 16.4 Å². The fourth-order valence-corrected chi connectivity index (χ4v) is 4.42. The first-order valence-electron chi connectivity index (χ1n) is 9.42. The second-order valence-corrected chi connectivity index (χ2v) is 8.78. The summed E-state index contributed by atoms with van der Waals surface area (Å²) >= 11 is 0. The van der Waals surface area contributed by atoms with Gasteiger partial charge in [-0.05, 0) is 49.4 Å². The van der Waals surface area contributed by atoms with Gasteiger partial charge >= 0.3 is 0 Å². The average molecular weight is 433 g/mol. The van der Waals surface area contributed by atoms with E-state index in [1.54, 1.807) is 43.3 Å². The molecule has 2 amide bonds. The summed E-state index contributed by atoms with van der Waals surface area (Å²) in [7, 11) is -3.65. The molecular formula is C20H24N4O5S. The number of nitrogens with zero attached hydrogens (tertiary/aromatic N) is 1. The Morgan fingerprint density at radius 2 is 1.73 bits per heavy atom. The van der Waals surface area contributed by atoms with E-state index in [9.17, 15) is 18.0 Å². The minimum absolute atomic E-state index is 0.116. The van der Waals surface area contributed by atoms with E-state index < -0.39 is 22.0 Å². The lowest BCUT2D eigenvalue weighted by molar-refractivity contribution is -0.116. The number of nitrogens with two attached hydrogens (primary N) is 1. The molecule has 0 unspecified atom stereocenters. The van der Waals surface area contributed by atoms with Crippen LogP contribution >= 0.6 is 0 Å². The van der Waals surface area contributed by atoms with E-state index in [1.807, 2.05) is 0 Å². The summed E-state index contributed by atoms with van der Waals surface area (Å²) in [6, 6.07) is 12.0. The largest absolute Gasteiger partial charge is 0.379 e. The highest BCUT2D eigenvalue weighted by atomic mass is 32.2. The molecule has 10 heteroatoms. The highest BCUT2D eigenvalue weighted by Crippen LogP contribution is 2.21. The van der Waals surface area contributed by atoms with E-state index in [-0.39, 0.29) is 10.8 Å². The van der Waals surface area contributed by atoms with Crippen LogP contribution in [-0.4, -0.2) is 56.9 Å². The topological polar surface area (TPSA) is 131 Å². The molecule has 0 aliphatic carbocycles. The first-order chi connectivity index (χ1) is 14.3. The summed E-state index contributed by atoms with van der Waals surface area (Å²) in [6.07, 6.45) is 0. The summed E-state index contributed by atoms with van der Waals surface area (Å²) in [5.41, 5.74) is 6.61. The number of anilines is 2. The van der Waals surface area contributed by atoms with Crippen molar-refractivity contribution < 1.29 is 22.7 Å². The summed E-state index contributed by atoms with van der Waals surface area (Å²) < 4.78 is 32.2. The maximum absolute atomic E-state index is 12.8. The smallest absolute Gasteiger partial charge is 0.248 e. The van der Waals surface area contributed by atoms with E-state index in [2.05, 4.69) is 10.6 Å². The Bertz CT molecular complexity index is 1020. The van der Waals surface area contributed by atoms with E-state index >= 15 is 0 Å². The lowest BCUT2D eigenvalue weighted by Gasteiger charge is -2.26. The van der Waals surface area contributed by atoms with Gasteiger partial charge in [-0.15, -0.1) is 0 Å². The molecule has 1 fully saturated rings. The van der Waals surface area contributed by atoms with Crippen LogP contribution in [0.15, 0.2) is 53.4 Å². The Hall–Kier alpha value is -2.95. The van der Waals surface area contributed by atoms with Crippen LogP contribution < -0.4 is 16.4 Å². The van der Waals surface area contributed by atoms with Gasteiger partial charge in [0.15, 0.2) is 0 Å². The molecule has 1 aliphatic heterocycles. The summed E-state index contributed by atoms with van der Waals surface area (Å²) in [5, 5.41) is 5.74. The summed E-state index contributed by atoms with van der Waals surface area (Å²) in [5.74, 6) is -0.867. The van der Waals surface area contributed by atoms with Gasteiger partial charge in [0, 0.05) is 30.0 Å². The molecule has 0 spiro atoms. The normalized spacial score (nSPS) is 15.9. The monoisotopic (exact) mass is 432 g/mol. The number of amides is 2. The van der Waals surface area contributed by atoms with Gasteiger partial charge in [-0.25, -0.2) is 8.42 Å². The van der Waals surface area contributed by atoms with Gasteiger partial charge in [-0.1, -0.05) is 6.07 Å². The molecule has 2 aromatic rings. The predicted molar refractivity (Wildman–Crippen MR) is 113 cm³/mol. The predicted octanol–water partition coefficient (Wildman–Crippen LogP) is 1.25. The van der Waals surface area contributed by atoms with Crippen molar-refractivity contribution in [2.45, 2.75) is 17.9 Å². The van der Waals surface area contributed by atoms with Crippen LogP contribution in [0.1, 0.15) is 17.3 Å². The quantitative estimate of drug-likeness (QED) is 0.603. The maximum atomic E-state index is 12.8. The van der Waals surface area contributed by atoms with Crippen molar-refractivity contribution in [1.82, 2.24) is 4.31 Å². The van der Waals surface area contributed by atoms with Crippen LogP contribution in [0.25, 0.3) is 0 Å². The first-order valence-corrected chi connectivity index (χ1v) is 10.9. The Labute approximate surface area is 175 Å². The SMILES string of the molecule is C[C@@H](Nc1ccc(C(N)=O)cc1)C(=O)Nc1cccc(S(=O)(=O)N2CCOCC2)c1. The fraction of sp³-hybridized carbons (Fsp3) is 0.300. The third-order valence-corrected chi connectivity index (χ3v) is 6.55. The summed E-state index contributed by atoms with van der Waals surface area (Å²) in [4.78, 5) is 23.8. The van der Waals surface area contributed by atoms with E-state index in [0.717, 1.165) is 0 Å². The average Bonchev–Trinajstić information content (AvgIpc) is 2.75. The van der Waals surface area contributed by atoms with E-state index in [4.69, 9.17) is 10.5 Å². The maximum Gasteiger partial charge on any atom is 0.248 e. The van der Waals surface area contributed by atoms with Gasteiger partial charge in [0.25, 0.3) is 0 Å². The Morgan fingerprint density at radius 3 is 2.37 bits per heavy atom. The molecule has 1 aliphatic rings. The number of hydrogen-bond acceptors (Lipinski definition) is 6. The fourth-order valence-electron chi connectivity index (χ4n) is 2.97. The summed E-state index contributed by atoms with van der Waals surface area (Å²) in [6.45, 7) is 2.99. The zero-order valence-corrected chi connectivity index (χ0v) is 17.3. The van der Waals surface area contributed by atoms with Crippen LogP contribution in [0.5, 0.6) is 0 Å². The molecule has 0 radical (unpaired) electrons.